The molecule has 1 aliphatic heterocycles. The summed E-state index contributed by atoms with van der Waals surface area (Å²) in [6.07, 6.45) is 2.19. The molecule has 0 bridgehead atoms. The zero-order chi connectivity index (χ0) is 20.4. The van der Waals surface area contributed by atoms with Crippen molar-refractivity contribution in [3.63, 3.8) is 0 Å². The van der Waals surface area contributed by atoms with E-state index in [9.17, 15) is 0 Å². The summed E-state index contributed by atoms with van der Waals surface area (Å²) in [5, 5.41) is 4.73. The number of nitrogens with zero attached hydrogens (tertiary/aromatic N) is 4. The molecular formula is C22H26N4O2S. The van der Waals surface area contributed by atoms with Crippen LogP contribution in [0.15, 0.2) is 48.5 Å². The highest BCUT2D eigenvalue weighted by Crippen LogP contribution is 2.39. The molecule has 3 aromatic rings. The number of para-hydroxylation sites is 1. The summed E-state index contributed by atoms with van der Waals surface area (Å²) in [5.41, 5.74) is 2.18. The van der Waals surface area contributed by atoms with Crippen molar-refractivity contribution in [2.45, 2.75) is 32.5 Å². The van der Waals surface area contributed by atoms with Crippen molar-refractivity contribution in [2.75, 3.05) is 20.8 Å². The Balaban J connectivity index is 1.65. The van der Waals surface area contributed by atoms with Crippen molar-refractivity contribution in [3.05, 3.63) is 64.7 Å². The molecule has 1 saturated heterocycles. The first-order chi connectivity index (χ1) is 14.1. The normalized spacial score (nSPS) is 16.9. The number of hydrogen-bond acceptors (Lipinski definition) is 5. The Morgan fingerprint density at radius 3 is 2.62 bits per heavy atom. The van der Waals surface area contributed by atoms with Crippen LogP contribution in [0.1, 0.15) is 30.3 Å². The molecule has 7 heteroatoms. The van der Waals surface area contributed by atoms with E-state index < -0.39 is 0 Å². The molecule has 0 N–H and O–H groups in total. The van der Waals surface area contributed by atoms with Gasteiger partial charge in [0.1, 0.15) is 17.3 Å². The Morgan fingerprint density at radius 2 is 1.90 bits per heavy atom. The van der Waals surface area contributed by atoms with E-state index in [4.69, 9.17) is 26.8 Å². The van der Waals surface area contributed by atoms with Crippen molar-refractivity contribution in [2.24, 2.45) is 0 Å². The fourth-order valence-corrected chi connectivity index (χ4v) is 4.44. The Labute approximate surface area is 176 Å². The monoisotopic (exact) mass is 410 g/mol. The topological polar surface area (TPSA) is 44.5 Å². The molecule has 1 unspecified atom stereocenters. The minimum absolute atomic E-state index is 0.240. The predicted molar refractivity (Wildman–Crippen MR) is 115 cm³/mol. The van der Waals surface area contributed by atoms with E-state index in [0.717, 1.165) is 48.0 Å². The lowest BCUT2D eigenvalue weighted by molar-refractivity contribution is 0.186. The molecule has 0 amide bonds. The van der Waals surface area contributed by atoms with Crippen LogP contribution < -0.4 is 9.47 Å². The van der Waals surface area contributed by atoms with Crippen LogP contribution in [0.5, 0.6) is 11.5 Å². The van der Waals surface area contributed by atoms with Crippen LogP contribution in [0.2, 0.25) is 0 Å². The Kier molecular flexibility index (Phi) is 5.69. The van der Waals surface area contributed by atoms with Gasteiger partial charge in [-0.3, -0.25) is 9.47 Å². The first-order valence-electron chi connectivity index (χ1n) is 9.80. The van der Waals surface area contributed by atoms with Crippen molar-refractivity contribution in [1.29, 1.82) is 0 Å². The summed E-state index contributed by atoms with van der Waals surface area (Å²) in [6.45, 7) is 3.63. The number of benzene rings is 2. The molecule has 1 atom stereocenters. The van der Waals surface area contributed by atoms with E-state index in [-0.39, 0.29) is 6.04 Å². The molecule has 1 fully saturated rings. The number of aryl methyl sites for hydroxylation is 1. The quantitative estimate of drug-likeness (QED) is 0.559. The summed E-state index contributed by atoms with van der Waals surface area (Å²) in [7, 11) is 3.40. The van der Waals surface area contributed by atoms with Gasteiger partial charge in [-0.05, 0) is 62.3 Å². The molecule has 0 radical (unpaired) electrons. The third kappa shape index (κ3) is 3.80. The Hall–Kier alpha value is -2.64. The number of likely N-dealkylation sites (tertiary alicyclic amines) is 1. The average Bonchev–Trinajstić information content (AvgIpc) is 3.32. The Morgan fingerprint density at radius 1 is 1.10 bits per heavy atom. The number of aromatic nitrogens is 3. The molecule has 29 heavy (non-hydrogen) atoms. The second-order valence-corrected chi connectivity index (χ2v) is 7.59. The molecule has 0 aliphatic carbocycles. The van der Waals surface area contributed by atoms with E-state index in [1.165, 1.54) is 0 Å². The van der Waals surface area contributed by atoms with Crippen LogP contribution in [0, 0.1) is 11.7 Å². The van der Waals surface area contributed by atoms with E-state index >= 15 is 0 Å². The Bertz CT molecular complexity index is 1040. The van der Waals surface area contributed by atoms with Gasteiger partial charge in [0.2, 0.25) is 4.77 Å². The van der Waals surface area contributed by atoms with E-state index in [0.29, 0.717) is 11.4 Å². The van der Waals surface area contributed by atoms with Gasteiger partial charge in [0.25, 0.3) is 0 Å². The second kappa shape index (κ2) is 8.39. The smallest absolute Gasteiger partial charge is 0.203 e. The van der Waals surface area contributed by atoms with Crippen molar-refractivity contribution in [3.8, 4) is 17.2 Å². The van der Waals surface area contributed by atoms with Gasteiger partial charge in [-0.25, -0.2) is 4.68 Å². The maximum Gasteiger partial charge on any atom is 0.203 e. The largest absolute Gasteiger partial charge is 0.497 e. The summed E-state index contributed by atoms with van der Waals surface area (Å²) in [6, 6.07) is 16.4. The molecule has 1 aromatic heterocycles. The van der Waals surface area contributed by atoms with Gasteiger partial charge in [0.15, 0.2) is 0 Å². The van der Waals surface area contributed by atoms with Crippen LogP contribution in [0.4, 0.5) is 0 Å². The summed E-state index contributed by atoms with van der Waals surface area (Å²) in [5.74, 6) is 2.61. The molecule has 0 spiro atoms. The molecule has 0 saturated carbocycles. The van der Waals surface area contributed by atoms with Crippen LogP contribution in [-0.2, 0) is 6.67 Å². The minimum Gasteiger partial charge on any atom is -0.497 e. The third-order valence-electron chi connectivity index (χ3n) is 5.49. The molecule has 2 heterocycles. The summed E-state index contributed by atoms with van der Waals surface area (Å²) >= 11 is 5.77. The molecule has 2 aromatic carbocycles. The van der Waals surface area contributed by atoms with Crippen molar-refractivity contribution in [1.82, 2.24) is 19.2 Å². The zero-order valence-electron chi connectivity index (χ0n) is 17.0. The third-order valence-corrected chi connectivity index (χ3v) is 5.88. The van der Waals surface area contributed by atoms with Gasteiger partial charge in [-0.2, -0.15) is 5.10 Å². The van der Waals surface area contributed by atoms with Crippen LogP contribution in [0.25, 0.3) is 5.69 Å². The highest BCUT2D eigenvalue weighted by atomic mass is 32.1. The summed E-state index contributed by atoms with van der Waals surface area (Å²) in [4.78, 5) is 2.41. The number of rotatable bonds is 6. The maximum absolute atomic E-state index is 5.77. The fourth-order valence-electron chi connectivity index (χ4n) is 4.10. The van der Waals surface area contributed by atoms with Crippen LogP contribution >= 0.6 is 12.2 Å². The lowest BCUT2D eigenvalue weighted by atomic mass is 10.0. The minimum atomic E-state index is 0.240. The lowest BCUT2D eigenvalue weighted by Gasteiger charge is -2.26. The zero-order valence-corrected chi connectivity index (χ0v) is 17.9. The highest BCUT2D eigenvalue weighted by Gasteiger charge is 2.29. The number of methoxy groups -OCH3 is 2. The first kappa shape index (κ1) is 19.7. The lowest BCUT2D eigenvalue weighted by Crippen LogP contribution is -2.27. The van der Waals surface area contributed by atoms with Gasteiger partial charge in [-0.15, -0.1) is 0 Å². The number of hydrogen-bond donors (Lipinski definition) is 0. The van der Waals surface area contributed by atoms with Gasteiger partial charge < -0.3 is 9.47 Å². The second-order valence-electron chi connectivity index (χ2n) is 7.22. The van der Waals surface area contributed by atoms with Crippen molar-refractivity contribution < 1.29 is 9.47 Å². The van der Waals surface area contributed by atoms with E-state index in [1.54, 1.807) is 14.2 Å². The molecule has 6 nitrogen and oxygen atoms in total. The molecular weight excluding hydrogens is 384 g/mol. The highest BCUT2D eigenvalue weighted by molar-refractivity contribution is 7.71. The SMILES string of the molecule is COc1ccc(OC)c(C2CCCN2Cn2nc(C)n(-c3ccccc3)c2=S)c1. The van der Waals surface area contributed by atoms with Gasteiger partial charge in [0, 0.05) is 23.8 Å². The average molecular weight is 411 g/mol. The van der Waals surface area contributed by atoms with Gasteiger partial charge in [-0.1, -0.05) is 18.2 Å². The standard InChI is InChI=1S/C22H26N4O2S/c1-16-23-25(22(29)26(16)17-8-5-4-6-9-17)15-24-13-7-10-20(24)19-14-18(27-2)11-12-21(19)28-3/h4-6,8-9,11-12,14,20H,7,10,13,15H2,1-3H3. The first-order valence-corrected chi connectivity index (χ1v) is 10.2. The molecule has 152 valence electrons. The summed E-state index contributed by atoms with van der Waals surface area (Å²) < 4.78 is 15.7. The predicted octanol–water partition coefficient (Wildman–Crippen LogP) is 4.52. The van der Waals surface area contributed by atoms with Crippen LogP contribution in [0.3, 0.4) is 0 Å². The van der Waals surface area contributed by atoms with E-state index in [1.807, 2.05) is 46.5 Å². The number of ether oxygens (including phenoxy) is 2. The van der Waals surface area contributed by atoms with Crippen molar-refractivity contribution >= 4 is 12.2 Å². The maximum atomic E-state index is 5.77. The molecule has 4 rings (SSSR count). The molecule has 1 aliphatic rings. The fraction of sp³-hybridized carbons (Fsp3) is 0.364. The van der Waals surface area contributed by atoms with Gasteiger partial charge >= 0.3 is 0 Å². The van der Waals surface area contributed by atoms with E-state index in [2.05, 4.69) is 23.1 Å². The van der Waals surface area contributed by atoms with Crippen LogP contribution in [-0.4, -0.2) is 40.0 Å². The van der Waals surface area contributed by atoms with Gasteiger partial charge in [0.05, 0.1) is 20.9 Å².